The fourth-order valence-corrected chi connectivity index (χ4v) is 5.50. The second-order valence-corrected chi connectivity index (χ2v) is 10.7. The quantitative estimate of drug-likeness (QED) is 0.246. The number of hydrazone groups is 1. The van der Waals surface area contributed by atoms with Gasteiger partial charge >= 0.3 is 0 Å². The molecular weight excluding hydrogens is 592 g/mol. The van der Waals surface area contributed by atoms with Crippen LogP contribution in [0.15, 0.2) is 75.1 Å². The fourth-order valence-electron chi connectivity index (χ4n) is 3.46. The molecule has 0 saturated carbocycles. The molecular formula is C26H27BrN4O7S. The van der Waals surface area contributed by atoms with E-state index in [1.54, 1.807) is 24.3 Å². The molecule has 0 aliphatic carbocycles. The number of anilines is 2. The largest absolute Gasteiger partial charge is 0.497 e. The van der Waals surface area contributed by atoms with E-state index in [1.807, 2.05) is 0 Å². The Balaban J connectivity index is 1.85. The molecule has 0 fully saturated rings. The highest BCUT2D eigenvalue weighted by molar-refractivity contribution is 9.10. The van der Waals surface area contributed by atoms with Crippen LogP contribution in [0.3, 0.4) is 0 Å². The zero-order valence-electron chi connectivity index (χ0n) is 21.6. The van der Waals surface area contributed by atoms with Crippen LogP contribution in [0.5, 0.6) is 17.2 Å². The number of ether oxygens (including phenoxy) is 3. The van der Waals surface area contributed by atoms with Gasteiger partial charge in [-0.15, -0.1) is 0 Å². The second kappa shape index (κ2) is 13.1. The average molecular weight is 619 g/mol. The summed E-state index contributed by atoms with van der Waals surface area (Å²) in [5, 5.41) is 6.54. The number of amides is 2. The van der Waals surface area contributed by atoms with Crippen LogP contribution in [-0.2, 0) is 19.6 Å². The summed E-state index contributed by atoms with van der Waals surface area (Å²) in [5.74, 6) is 0.513. The van der Waals surface area contributed by atoms with Crippen LogP contribution in [0, 0.1) is 0 Å². The van der Waals surface area contributed by atoms with Crippen molar-refractivity contribution in [2.75, 3.05) is 37.5 Å². The fraction of sp³-hybridized carbons (Fsp3) is 0.192. The molecule has 2 amide bonds. The number of rotatable bonds is 11. The van der Waals surface area contributed by atoms with Crippen molar-refractivity contribution in [1.82, 2.24) is 5.43 Å². The van der Waals surface area contributed by atoms with Gasteiger partial charge in [0.1, 0.15) is 12.3 Å². The van der Waals surface area contributed by atoms with Gasteiger partial charge in [0.2, 0.25) is 5.91 Å². The van der Waals surface area contributed by atoms with E-state index < -0.39 is 22.5 Å². The molecule has 39 heavy (non-hydrogen) atoms. The highest BCUT2D eigenvalue weighted by Gasteiger charge is 2.27. The molecule has 0 unspecified atom stereocenters. The van der Waals surface area contributed by atoms with Crippen molar-refractivity contribution in [3.05, 3.63) is 70.7 Å². The van der Waals surface area contributed by atoms with Crippen molar-refractivity contribution in [3.8, 4) is 17.2 Å². The molecule has 0 aliphatic rings. The van der Waals surface area contributed by atoms with Crippen LogP contribution in [0.2, 0.25) is 0 Å². The van der Waals surface area contributed by atoms with E-state index in [1.165, 1.54) is 70.9 Å². The summed E-state index contributed by atoms with van der Waals surface area (Å²) >= 11 is 3.39. The Morgan fingerprint density at radius 1 is 0.974 bits per heavy atom. The van der Waals surface area contributed by atoms with Gasteiger partial charge in [0.25, 0.3) is 15.9 Å². The molecule has 0 aliphatic heterocycles. The number of hydrogen-bond acceptors (Lipinski definition) is 8. The molecule has 3 aromatic rings. The summed E-state index contributed by atoms with van der Waals surface area (Å²) in [6, 6.07) is 15.2. The molecule has 0 aromatic heterocycles. The van der Waals surface area contributed by atoms with E-state index in [2.05, 4.69) is 31.8 Å². The number of hydrogen-bond donors (Lipinski definition) is 2. The highest BCUT2D eigenvalue weighted by atomic mass is 79.9. The highest BCUT2D eigenvalue weighted by Crippen LogP contribution is 2.35. The third-order valence-corrected chi connectivity index (χ3v) is 7.65. The van der Waals surface area contributed by atoms with Crippen molar-refractivity contribution in [3.63, 3.8) is 0 Å². The monoisotopic (exact) mass is 618 g/mol. The first-order valence-corrected chi connectivity index (χ1v) is 13.6. The number of nitrogens with zero attached hydrogens (tertiary/aromatic N) is 2. The van der Waals surface area contributed by atoms with Gasteiger partial charge < -0.3 is 19.5 Å². The predicted octanol–water partition coefficient (Wildman–Crippen LogP) is 3.78. The van der Waals surface area contributed by atoms with Gasteiger partial charge in [0.05, 0.1) is 42.6 Å². The number of sulfonamides is 1. The average Bonchev–Trinajstić information content (AvgIpc) is 2.91. The van der Waals surface area contributed by atoms with Gasteiger partial charge in [-0.2, -0.15) is 5.10 Å². The molecule has 11 nitrogen and oxygen atoms in total. The minimum absolute atomic E-state index is 0.0705. The van der Waals surface area contributed by atoms with Gasteiger partial charge in [-0.1, -0.05) is 0 Å². The number of carbonyl (C=O) groups is 2. The zero-order chi connectivity index (χ0) is 28.6. The van der Waals surface area contributed by atoms with E-state index in [9.17, 15) is 18.0 Å². The van der Waals surface area contributed by atoms with Gasteiger partial charge in [0.15, 0.2) is 11.5 Å². The topological polar surface area (TPSA) is 136 Å². The second-order valence-electron chi connectivity index (χ2n) is 7.95. The number of benzene rings is 3. The third-order valence-electron chi connectivity index (χ3n) is 5.27. The molecule has 3 aromatic carbocycles. The van der Waals surface area contributed by atoms with Gasteiger partial charge in [0, 0.05) is 12.6 Å². The summed E-state index contributed by atoms with van der Waals surface area (Å²) in [6.07, 6.45) is 1.39. The molecule has 0 bridgehead atoms. The summed E-state index contributed by atoms with van der Waals surface area (Å²) in [5.41, 5.74) is 3.63. The number of methoxy groups -OCH3 is 3. The van der Waals surface area contributed by atoms with E-state index >= 15 is 0 Å². The van der Waals surface area contributed by atoms with Crippen LogP contribution in [-0.4, -0.2) is 54.3 Å². The normalized spacial score (nSPS) is 11.1. The Labute approximate surface area is 234 Å². The standard InChI is InChI=1S/C26H27BrN4O7S/c1-17(32)29-19-5-11-22(12-6-19)39(34,35)31(20-7-9-21(36-2)10-8-20)16-25(33)30-28-15-18-13-23(27)26(38-4)24(14-18)37-3/h5-15H,16H2,1-4H3,(H,29,32)(H,30,33)/b28-15-. The van der Waals surface area contributed by atoms with Crippen LogP contribution in [0.4, 0.5) is 11.4 Å². The molecule has 13 heteroatoms. The number of halogens is 1. The Morgan fingerprint density at radius 2 is 1.64 bits per heavy atom. The first kappa shape index (κ1) is 29.5. The molecule has 0 radical (unpaired) electrons. The molecule has 3 rings (SSSR count). The predicted molar refractivity (Wildman–Crippen MR) is 151 cm³/mol. The van der Waals surface area contributed by atoms with E-state index in [0.29, 0.717) is 33.0 Å². The molecule has 206 valence electrons. The minimum Gasteiger partial charge on any atom is -0.497 e. The van der Waals surface area contributed by atoms with E-state index in [-0.39, 0.29) is 16.5 Å². The van der Waals surface area contributed by atoms with Crippen molar-refractivity contribution in [2.45, 2.75) is 11.8 Å². The number of nitrogens with one attached hydrogen (secondary N) is 2. The smallest absolute Gasteiger partial charge is 0.264 e. The first-order chi connectivity index (χ1) is 18.6. The van der Waals surface area contributed by atoms with Gasteiger partial charge in [-0.3, -0.25) is 13.9 Å². The van der Waals surface area contributed by atoms with Crippen molar-refractivity contribution in [1.29, 1.82) is 0 Å². The Hall–Kier alpha value is -4.10. The summed E-state index contributed by atoms with van der Waals surface area (Å²) in [4.78, 5) is 24.1. The summed E-state index contributed by atoms with van der Waals surface area (Å²) in [6.45, 7) is 0.788. The minimum atomic E-state index is -4.18. The molecule has 0 atom stereocenters. The number of carbonyl (C=O) groups excluding carboxylic acids is 2. The SMILES string of the molecule is COc1ccc(N(CC(=O)N/N=C\c2cc(Br)c(OC)c(OC)c2)S(=O)(=O)c2ccc(NC(C)=O)cc2)cc1. The lowest BCUT2D eigenvalue weighted by Gasteiger charge is -2.24. The summed E-state index contributed by atoms with van der Waals surface area (Å²) in [7, 11) is 0.311. The maximum absolute atomic E-state index is 13.6. The summed E-state index contributed by atoms with van der Waals surface area (Å²) < 4.78 is 44.5. The lowest BCUT2D eigenvalue weighted by Crippen LogP contribution is -2.39. The van der Waals surface area contributed by atoms with E-state index in [4.69, 9.17) is 14.2 Å². The maximum Gasteiger partial charge on any atom is 0.264 e. The van der Waals surface area contributed by atoms with Crippen LogP contribution < -0.4 is 29.3 Å². The Bertz CT molecular complexity index is 1460. The lowest BCUT2D eigenvalue weighted by atomic mass is 10.2. The first-order valence-electron chi connectivity index (χ1n) is 11.4. The molecule has 0 spiro atoms. The molecule has 2 N–H and O–H groups in total. The van der Waals surface area contributed by atoms with E-state index in [0.717, 1.165) is 4.31 Å². The van der Waals surface area contributed by atoms with Crippen molar-refractivity contribution < 1.29 is 32.2 Å². The van der Waals surface area contributed by atoms with Gasteiger partial charge in [-0.05, 0) is 82.2 Å². The Kier molecular flexibility index (Phi) is 9.90. The molecule has 0 saturated heterocycles. The van der Waals surface area contributed by atoms with Crippen LogP contribution >= 0.6 is 15.9 Å². The van der Waals surface area contributed by atoms with Crippen LogP contribution in [0.25, 0.3) is 0 Å². The lowest BCUT2D eigenvalue weighted by molar-refractivity contribution is -0.119. The molecule has 0 heterocycles. The zero-order valence-corrected chi connectivity index (χ0v) is 24.0. The maximum atomic E-state index is 13.6. The van der Waals surface area contributed by atoms with Crippen LogP contribution in [0.1, 0.15) is 12.5 Å². The third kappa shape index (κ3) is 7.48. The Morgan fingerprint density at radius 3 is 2.21 bits per heavy atom. The van der Waals surface area contributed by atoms with Crippen molar-refractivity contribution >= 4 is 55.4 Å². The van der Waals surface area contributed by atoms with Gasteiger partial charge in [-0.25, -0.2) is 13.8 Å². The van der Waals surface area contributed by atoms with Crippen molar-refractivity contribution in [2.24, 2.45) is 5.10 Å².